The molecule has 0 fully saturated rings. The molecule has 2 N–H and O–H groups in total. The molecule has 112 valence electrons. The van der Waals surface area contributed by atoms with Gasteiger partial charge in [0.1, 0.15) is 5.82 Å². The fraction of sp³-hybridized carbons (Fsp3) is 0.462. The number of nitrogens with one attached hydrogen (secondary N) is 1. The Morgan fingerprint density at radius 2 is 2.10 bits per heavy atom. The Morgan fingerprint density at radius 3 is 2.60 bits per heavy atom. The van der Waals surface area contributed by atoms with Gasteiger partial charge in [-0.2, -0.15) is 0 Å². The molecule has 1 unspecified atom stereocenters. The highest BCUT2D eigenvalue weighted by Crippen LogP contribution is 2.17. The van der Waals surface area contributed by atoms with Crippen LogP contribution >= 0.6 is 0 Å². The van der Waals surface area contributed by atoms with Gasteiger partial charge in [0.05, 0.1) is 11.3 Å². The number of rotatable bonds is 7. The number of carboxylic acids is 1. The van der Waals surface area contributed by atoms with Gasteiger partial charge in [0.25, 0.3) is 0 Å². The van der Waals surface area contributed by atoms with Gasteiger partial charge in [0.2, 0.25) is 10.0 Å². The van der Waals surface area contributed by atoms with E-state index >= 15 is 0 Å². The molecule has 0 aliphatic heterocycles. The van der Waals surface area contributed by atoms with Crippen LogP contribution in [-0.4, -0.2) is 25.5 Å². The molecule has 0 spiro atoms. The molecule has 1 aromatic carbocycles. The van der Waals surface area contributed by atoms with Crippen molar-refractivity contribution in [1.29, 1.82) is 0 Å². The lowest BCUT2D eigenvalue weighted by atomic mass is 10.1. The van der Waals surface area contributed by atoms with Gasteiger partial charge in [-0.3, -0.25) is 4.79 Å². The lowest BCUT2D eigenvalue weighted by Gasteiger charge is -2.17. The number of benzene rings is 1. The summed E-state index contributed by atoms with van der Waals surface area (Å²) in [5, 5.41) is 8.78. The Morgan fingerprint density at radius 1 is 1.45 bits per heavy atom. The maximum Gasteiger partial charge on any atom is 0.304 e. The van der Waals surface area contributed by atoms with E-state index in [0.717, 1.165) is 12.1 Å². The second kappa shape index (κ2) is 6.81. The maximum atomic E-state index is 13.0. The minimum absolute atomic E-state index is 0.0367. The fourth-order valence-corrected chi connectivity index (χ4v) is 3.46. The van der Waals surface area contributed by atoms with Crippen LogP contribution in [0.3, 0.4) is 0 Å². The number of hydrogen-bond acceptors (Lipinski definition) is 3. The van der Waals surface area contributed by atoms with Gasteiger partial charge in [0, 0.05) is 6.04 Å². The summed E-state index contributed by atoms with van der Waals surface area (Å²) < 4.78 is 39.8. The predicted molar refractivity (Wildman–Crippen MR) is 72.4 cm³/mol. The SMILES string of the molecule is CCCC(CC(=O)O)NS(=O)(=O)c1ccc(F)cc1C. The number of hydrogen-bond donors (Lipinski definition) is 2. The highest BCUT2D eigenvalue weighted by molar-refractivity contribution is 7.89. The first-order valence-electron chi connectivity index (χ1n) is 6.26. The molecule has 0 bridgehead atoms. The van der Waals surface area contributed by atoms with Crippen LogP contribution in [0.1, 0.15) is 31.7 Å². The molecule has 0 heterocycles. The molecule has 0 aromatic heterocycles. The molecular formula is C13H18FNO4S. The first kappa shape index (κ1) is 16.6. The maximum absolute atomic E-state index is 13.0. The first-order valence-corrected chi connectivity index (χ1v) is 7.75. The summed E-state index contributed by atoms with van der Waals surface area (Å²) in [7, 11) is -3.85. The number of carboxylic acid groups (broad SMARTS) is 1. The lowest BCUT2D eigenvalue weighted by molar-refractivity contribution is -0.137. The van der Waals surface area contributed by atoms with E-state index < -0.39 is 27.9 Å². The molecule has 0 saturated heterocycles. The second-order valence-corrected chi connectivity index (χ2v) is 6.30. The largest absolute Gasteiger partial charge is 0.481 e. The quantitative estimate of drug-likeness (QED) is 0.807. The molecule has 1 atom stereocenters. The molecule has 7 heteroatoms. The zero-order chi connectivity index (χ0) is 15.3. The fourth-order valence-electron chi connectivity index (χ4n) is 1.96. The summed E-state index contributed by atoms with van der Waals surface area (Å²) in [4.78, 5) is 10.7. The van der Waals surface area contributed by atoms with E-state index in [0.29, 0.717) is 12.8 Å². The van der Waals surface area contributed by atoms with Crippen molar-refractivity contribution in [2.24, 2.45) is 0 Å². The minimum Gasteiger partial charge on any atom is -0.481 e. The topological polar surface area (TPSA) is 83.5 Å². The van der Waals surface area contributed by atoms with Crippen LogP contribution in [0.25, 0.3) is 0 Å². The van der Waals surface area contributed by atoms with E-state index in [2.05, 4.69) is 4.72 Å². The van der Waals surface area contributed by atoms with Crippen molar-refractivity contribution in [2.45, 2.75) is 44.0 Å². The summed E-state index contributed by atoms with van der Waals surface area (Å²) in [6, 6.07) is 2.69. The number of sulfonamides is 1. The molecule has 0 aliphatic carbocycles. The monoisotopic (exact) mass is 303 g/mol. The predicted octanol–water partition coefficient (Wildman–Crippen LogP) is 2.06. The number of aryl methyl sites for hydroxylation is 1. The zero-order valence-corrected chi connectivity index (χ0v) is 12.2. The van der Waals surface area contributed by atoms with Gasteiger partial charge in [-0.05, 0) is 37.1 Å². The number of aliphatic carboxylic acids is 1. The van der Waals surface area contributed by atoms with Crippen molar-refractivity contribution in [1.82, 2.24) is 4.72 Å². The van der Waals surface area contributed by atoms with E-state index in [1.807, 2.05) is 6.92 Å². The minimum atomic E-state index is -3.85. The van der Waals surface area contributed by atoms with Gasteiger partial charge >= 0.3 is 5.97 Å². The molecule has 0 radical (unpaired) electrons. The van der Waals surface area contributed by atoms with Crippen LogP contribution in [0, 0.1) is 12.7 Å². The van der Waals surface area contributed by atoms with E-state index in [1.54, 1.807) is 0 Å². The highest BCUT2D eigenvalue weighted by atomic mass is 32.2. The van der Waals surface area contributed by atoms with Crippen molar-refractivity contribution in [2.75, 3.05) is 0 Å². The van der Waals surface area contributed by atoms with Crippen molar-refractivity contribution in [3.8, 4) is 0 Å². The average molecular weight is 303 g/mol. The Labute approximate surface area is 117 Å². The summed E-state index contributed by atoms with van der Waals surface area (Å²) in [5.74, 6) is -1.58. The van der Waals surface area contributed by atoms with Crippen LogP contribution in [0.4, 0.5) is 4.39 Å². The van der Waals surface area contributed by atoms with Crippen molar-refractivity contribution in [3.63, 3.8) is 0 Å². The van der Waals surface area contributed by atoms with Crippen LogP contribution in [0.5, 0.6) is 0 Å². The number of carbonyl (C=O) groups is 1. The number of halogens is 1. The molecule has 0 amide bonds. The molecule has 0 aliphatic rings. The summed E-state index contributed by atoms with van der Waals surface area (Å²) in [5.41, 5.74) is 0.281. The Kier molecular flexibility index (Phi) is 5.64. The Balaban J connectivity index is 2.99. The molecular weight excluding hydrogens is 285 g/mol. The average Bonchev–Trinajstić information content (AvgIpc) is 2.26. The molecule has 1 rings (SSSR count). The van der Waals surface area contributed by atoms with Gasteiger partial charge in [0.15, 0.2) is 0 Å². The van der Waals surface area contributed by atoms with Gasteiger partial charge in [-0.25, -0.2) is 17.5 Å². The van der Waals surface area contributed by atoms with Crippen molar-refractivity contribution >= 4 is 16.0 Å². The smallest absolute Gasteiger partial charge is 0.304 e. The van der Waals surface area contributed by atoms with E-state index in [9.17, 15) is 17.6 Å². The third-order valence-corrected chi connectivity index (χ3v) is 4.49. The second-order valence-electron chi connectivity index (χ2n) is 4.61. The van der Waals surface area contributed by atoms with E-state index in [1.165, 1.54) is 13.0 Å². The summed E-state index contributed by atoms with van der Waals surface area (Å²) >= 11 is 0. The van der Waals surface area contributed by atoms with Crippen LogP contribution in [0.15, 0.2) is 23.1 Å². The van der Waals surface area contributed by atoms with Gasteiger partial charge in [-0.1, -0.05) is 13.3 Å². The summed E-state index contributed by atoms with van der Waals surface area (Å²) in [6.07, 6.45) is 0.794. The van der Waals surface area contributed by atoms with Crippen LogP contribution < -0.4 is 4.72 Å². The third-order valence-electron chi connectivity index (χ3n) is 2.81. The highest BCUT2D eigenvalue weighted by Gasteiger charge is 2.23. The van der Waals surface area contributed by atoms with E-state index in [-0.39, 0.29) is 16.9 Å². The normalized spacial score (nSPS) is 13.2. The van der Waals surface area contributed by atoms with E-state index in [4.69, 9.17) is 5.11 Å². The van der Waals surface area contributed by atoms with Gasteiger partial charge in [-0.15, -0.1) is 0 Å². The first-order chi connectivity index (χ1) is 9.26. The zero-order valence-electron chi connectivity index (χ0n) is 11.4. The molecule has 1 aromatic rings. The van der Waals surface area contributed by atoms with Crippen LogP contribution in [-0.2, 0) is 14.8 Å². The molecule has 20 heavy (non-hydrogen) atoms. The Bertz CT molecular complexity index is 586. The summed E-state index contributed by atoms with van der Waals surface area (Å²) in [6.45, 7) is 3.33. The standard InChI is InChI=1S/C13H18FNO4S/c1-3-4-11(8-13(16)17)15-20(18,19)12-6-5-10(14)7-9(12)2/h5-7,11,15H,3-4,8H2,1-2H3,(H,16,17). The van der Waals surface area contributed by atoms with Crippen molar-refractivity contribution in [3.05, 3.63) is 29.6 Å². The molecule has 5 nitrogen and oxygen atoms in total. The van der Waals surface area contributed by atoms with Crippen molar-refractivity contribution < 1.29 is 22.7 Å². The Hall–Kier alpha value is -1.47. The third kappa shape index (κ3) is 4.57. The van der Waals surface area contributed by atoms with Crippen LogP contribution in [0.2, 0.25) is 0 Å². The lowest BCUT2D eigenvalue weighted by Crippen LogP contribution is -2.36. The van der Waals surface area contributed by atoms with Gasteiger partial charge < -0.3 is 5.11 Å². The molecule has 0 saturated carbocycles.